The molecule has 3 aromatic rings. The van der Waals surface area contributed by atoms with Crippen LogP contribution in [0.4, 0.5) is 17.2 Å². The van der Waals surface area contributed by atoms with Gasteiger partial charge in [-0.25, -0.2) is 4.98 Å². The van der Waals surface area contributed by atoms with Gasteiger partial charge < -0.3 is 15.6 Å². The Labute approximate surface area is 181 Å². The predicted octanol–water partition coefficient (Wildman–Crippen LogP) is 4.23. The summed E-state index contributed by atoms with van der Waals surface area (Å²) in [5.41, 5.74) is 5.04. The highest BCUT2D eigenvalue weighted by molar-refractivity contribution is 6.07. The summed E-state index contributed by atoms with van der Waals surface area (Å²) in [5.74, 6) is 0.489. The number of anilines is 3. The molecule has 0 bridgehead atoms. The minimum absolute atomic E-state index is 0.127. The molecule has 160 valence electrons. The summed E-state index contributed by atoms with van der Waals surface area (Å²) in [4.78, 5) is 34.8. The second-order valence-corrected chi connectivity index (χ2v) is 8.05. The van der Waals surface area contributed by atoms with Crippen molar-refractivity contribution in [3.05, 3.63) is 59.9 Å². The first-order valence-electron chi connectivity index (χ1n) is 10.5. The fourth-order valence-electron chi connectivity index (χ4n) is 3.72. The van der Waals surface area contributed by atoms with Crippen LogP contribution in [0.3, 0.4) is 0 Å². The number of hydrogen-bond acceptors (Lipinski definition) is 5. The summed E-state index contributed by atoms with van der Waals surface area (Å²) < 4.78 is 0. The van der Waals surface area contributed by atoms with Crippen molar-refractivity contribution in [3.63, 3.8) is 0 Å². The van der Waals surface area contributed by atoms with Crippen LogP contribution in [0, 0.1) is 0 Å². The molecular weight excluding hydrogens is 390 g/mol. The van der Waals surface area contributed by atoms with E-state index in [9.17, 15) is 9.59 Å². The molecule has 1 atom stereocenters. The lowest BCUT2D eigenvalue weighted by atomic mass is 9.95. The molecular formula is C24H27N5O2. The van der Waals surface area contributed by atoms with Crippen molar-refractivity contribution in [2.75, 3.05) is 24.7 Å². The molecule has 0 saturated heterocycles. The molecule has 7 heteroatoms. The van der Waals surface area contributed by atoms with Gasteiger partial charge in [-0.15, -0.1) is 0 Å². The minimum atomic E-state index is -0.281. The minimum Gasteiger partial charge on any atom is -0.356 e. The van der Waals surface area contributed by atoms with Gasteiger partial charge in [-0.05, 0) is 58.1 Å². The van der Waals surface area contributed by atoms with Crippen LogP contribution in [0.1, 0.15) is 35.8 Å². The van der Waals surface area contributed by atoms with E-state index < -0.39 is 0 Å². The van der Waals surface area contributed by atoms with Gasteiger partial charge in [0.1, 0.15) is 5.82 Å². The number of Topliss-reactive ketones (excluding diaryl/α,β-unsaturated/α-hetero) is 1. The maximum atomic E-state index is 12.8. The quantitative estimate of drug-likeness (QED) is 0.558. The molecule has 1 aliphatic carbocycles. The zero-order valence-corrected chi connectivity index (χ0v) is 18.0. The molecule has 1 aromatic carbocycles. The Morgan fingerprint density at radius 2 is 1.94 bits per heavy atom. The molecule has 0 spiro atoms. The zero-order chi connectivity index (χ0) is 22.0. The van der Waals surface area contributed by atoms with E-state index in [0.717, 1.165) is 46.7 Å². The highest BCUT2D eigenvalue weighted by atomic mass is 16.2. The van der Waals surface area contributed by atoms with Crippen LogP contribution in [0.15, 0.2) is 48.7 Å². The number of pyridine rings is 1. The number of H-pyrrole nitrogens is 1. The van der Waals surface area contributed by atoms with Crippen LogP contribution < -0.4 is 10.6 Å². The number of likely N-dealkylation sites (N-methyl/N-ethyl adjacent to an activating group) is 1. The maximum Gasteiger partial charge on any atom is 0.242 e. The molecule has 7 nitrogen and oxygen atoms in total. The molecule has 0 radical (unpaired) electrons. The molecule has 0 unspecified atom stereocenters. The van der Waals surface area contributed by atoms with Crippen LogP contribution >= 0.6 is 0 Å². The monoisotopic (exact) mass is 417 g/mol. The van der Waals surface area contributed by atoms with E-state index in [-0.39, 0.29) is 17.7 Å². The van der Waals surface area contributed by atoms with Gasteiger partial charge in [0.15, 0.2) is 5.78 Å². The van der Waals surface area contributed by atoms with Gasteiger partial charge in [0.05, 0.1) is 23.0 Å². The Hall–Kier alpha value is -3.45. The summed E-state index contributed by atoms with van der Waals surface area (Å²) in [6.07, 6.45) is 3.89. The number of para-hydroxylation sites is 1. The van der Waals surface area contributed by atoms with Crippen molar-refractivity contribution in [1.82, 2.24) is 14.9 Å². The summed E-state index contributed by atoms with van der Waals surface area (Å²) in [5, 5.41) is 6.32. The molecule has 4 rings (SSSR count). The Morgan fingerprint density at radius 1 is 1.16 bits per heavy atom. The Kier molecular flexibility index (Phi) is 5.86. The number of fused-ring (bicyclic) bond motifs is 1. The smallest absolute Gasteiger partial charge is 0.242 e. The van der Waals surface area contributed by atoms with Crippen molar-refractivity contribution in [2.45, 2.75) is 32.2 Å². The van der Waals surface area contributed by atoms with Gasteiger partial charge in [-0.1, -0.05) is 18.2 Å². The second kappa shape index (κ2) is 8.73. The van der Waals surface area contributed by atoms with Gasteiger partial charge in [0.2, 0.25) is 5.91 Å². The second-order valence-electron chi connectivity index (χ2n) is 8.05. The molecule has 31 heavy (non-hydrogen) atoms. The Bertz CT molecular complexity index is 1100. The lowest BCUT2D eigenvalue weighted by Crippen LogP contribution is -2.37. The number of carbonyl (C=O) groups is 2. The number of benzene rings is 1. The number of aromatic nitrogens is 2. The SMILES string of the molecule is C[C@@H](C(=O)Nc1cc(-c2[nH]c3c(c2Nc2ccccc2)C(=O)CCC3)ccn1)N(C)C. The van der Waals surface area contributed by atoms with Crippen LogP contribution in [0.2, 0.25) is 0 Å². The summed E-state index contributed by atoms with van der Waals surface area (Å²) in [6.45, 7) is 1.84. The van der Waals surface area contributed by atoms with Crippen molar-refractivity contribution in [2.24, 2.45) is 0 Å². The molecule has 0 aliphatic heterocycles. The topological polar surface area (TPSA) is 90.1 Å². The zero-order valence-electron chi connectivity index (χ0n) is 18.0. The summed E-state index contributed by atoms with van der Waals surface area (Å²) in [7, 11) is 3.71. The third-order valence-electron chi connectivity index (χ3n) is 5.68. The molecule has 2 heterocycles. The van der Waals surface area contributed by atoms with E-state index in [2.05, 4.69) is 20.6 Å². The number of ketones is 1. The Morgan fingerprint density at radius 3 is 2.68 bits per heavy atom. The third kappa shape index (κ3) is 4.36. The van der Waals surface area contributed by atoms with E-state index in [1.165, 1.54) is 0 Å². The number of carbonyl (C=O) groups excluding carboxylic acids is 2. The summed E-state index contributed by atoms with van der Waals surface area (Å²) in [6, 6.07) is 13.2. The first kappa shape index (κ1) is 20.8. The number of rotatable bonds is 6. The lowest BCUT2D eigenvalue weighted by Gasteiger charge is -2.18. The molecule has 0 saturated carbocycles. The standard InChI is InChI=1S/C24H27N5O2/c1-15(29(2)3)24(31)28-20-14-16(12-13-25-20)22-23(26-17-8-5-4-6-9-17)21-18(27-22)10-7-11-19(21)30/h4-6,8-9,12-15,26-27H,7,10-11H2,1-3H3,(H,25,28,31)/t15-/m0/s1. The van der Waals surface area contributed by atoms with E-state index in [4.69, 9.17) is 0 Å². The van der Waals surface area contributed by atoms with Gasteiger partial charge >= 0.3 is 0 Å². The largest absolute Gasteiger partial charge is 0.356 e. The van der Waals surface area contributed by atoms with E-state index in [0.29, 0.717) is 12.2 Å². The van der Waals surface area contributed by atoms with E-state index in [1.54, 1.807) is 6.20 Å². The van der Waals surface area contributed by atoms with Gasteiger partial charge in [-0.3, -0.25) is 14.5 Å². The third-order valence-corrected chi connectivity index (χ3v) is 5.68. The lowest BCUT2D eigenvalue weighted by molar-refractivity contribution is -0.119. The summed E-state index contributed by atoms with van der Waals surface area (Å²) >= 11 is 0. The van der Waals surface area contributed by atoms with E-state index in [1.807, 2.05) is 68.4 Å². The average Bonchev–Trinajstić information content (AvgIpc) is 3.13. The van der Waals surface area contributed by atoms with Gasteiger partial charge in [-0.2, -0.15) is 0 Å². The molecule has 0 fully saturated rings. The molecule has 3 N–H and O–H groups in total. The number of amides is 1. The number of nitrogens with one attached hydrogen (secondary N) is 3. The molecule has 2 aromatic heterocycles. The van der Waals surface area contributed by atoms with Gasteiger partial charge in [0.25, 0.3) is 0 Å². The predicted molar refractivity (Wildman–Crippen MR) is 123 cm³/mol. The van der Waals surface area contributed by atoms with Crippen LogP contribution in [0.25, 0.3) is 11.3 Å². The van der Waals surface area contributed by atoms with Crippen LogP contribution in [-0.4, -0.2) is 46.7 Å². The van der Waals surface area contributed by atoms with Crippen molar-refractivity contribution in [1.29, 1.82) is 0 Å². The van der Waals surface area contributed by atoms with Gasteiger partial charge in [0, 0.05) is 29.6 Å². The average molecular weight is 418 g/mol. The number of aromatic amines is 1. The first-order valence-corrected chi connectivity index (χ1v) is 10.5. The first-order chi connectivity index (χ1) is 14.9. The van der Waals surface area contributed by atoms with Crippen LogP contribution in [-0.2, 0) is 11.2 Å². The fraction of sp³-hybridized carbons (Fsp3) is 0.292. The van der Waals surface area contributed by atoms with Crippen molar-refractivity contribution >= 4 is 28.9 Å². The molecule has 1 aliphatic rings. The maximum absolute atomic E-state index is 12.8. The highest BCUT2D eigenvalue weighted by Crippen LogP contribution is 2.39. The van der Waals surface area contributed by atoms with E-state index >= 15 is 0 Å². The van der Waals surface area contributed by atoms with Crippen molar-refractivity contribution < 1.29 is 9.59 Å². The number of hydrogen-bond donors (Lipinski definition) is 3. The number of aryl methyl sites for hydroxylation is 1. The van der Waals surface area contributed by atoms with Crippen LogP contribution in [0.5, 0.6) is 0 Å². The number of nitrogens with zero attached hydrogens (tertiary/aromatic N) is 2. The highest BCUT2D eigenvalue weighted by Gasteiger charge is 2.27. The normalized spacial score (nSPS) is 14.3. The Balaban J connectivity index is 1.72. The fourth-order valence-corrected chi connectivity index (χ4v) is 3.72. The molecule has 1 amide bonds. The van der Waals surface area contributed by atoms with Crippen molar-refractivity contribution in [3.8, 4) is 11.3 Å².